The third-order valence-corrected chi connectivity index (χ3v) is 9.59. The average Bonchev–Trinajstić information content (AvgIpc) is 3.43. The Morgan fingerprint density at radius 3 is 2.74 bits per heavy atom. The number of likely N-dealkylation sites (tertiary alicyclic amines) is 1. The van der Waals surface area contributed by atoms with Gasteiger partial charge in [0.05, 0.1) is 11.4 Å². The molecule has 0 spiro atoms. The van der Waals surface area contributed by atoms with E-state index in [0.717, 1.165) is 42.1 Å². The molecule has 2 saturated heterocycles. The molecule has 27 heavy (non-hydrogen) atoms. The first-order valence-corrected chi connectivity index (χ1v) is 12.4. The first-order valence-electron chi connectivity index (χ1n) is 9.30. The lowest BCUT2D eigenvalue weighted by Gasteiger charge is -2.31. The summed E-state index contributed by atoms with van der Waals surface area (Å²) in [6.07, 6.45) is 5.97. The summed E-state index contributed by atoms with van der Waals surface area (Å²) in [6, 6.07) is 3.43. The van der Waals surface area contributed by atoms with E-state index in [1.165, 1.54) is 11.3 Å². The van der Waals surface area contributed by atoms with Crippen LogP contribution >= 0.6 is 22.7 Å². The first kappa shape index (κ1) is 19.0. The molecule has 0 N–H and O–H groups in total. The summed E-state index contributed by atoms with van der Waals surface area (Å²) in [6.45, 7) is 2.67. The van der Waals surface area contributed by atoms with Crippen LogP contribution in [0.4, 0.5) is 0 Å². The topological polar surface area (TPSA) is 70.6 Å². The lowest BCUT2D eigenvalue weighted by atomic mass is 9.98. The third kappa shape index (κ3) is 4.11. The van der Waals surface area contributed by atoms with Crippen molar-refractivity contribution in [2.45, 2.75) is 42.2 Å². The molecule has 1 atom stereocenters. The third-order valence-electron chi connectivity index (χ3n) is 5.20. The average molecular weight is 426 g/mol. The van der Waals surface area contributed by atoms with Crippen LogP contribution in [0.15, 0.2) is 27.9 Å². The number of sulfonamides is 1. The molecule has 0 aliphatic carbocycles. The van der Waals surface area contributed by atoms with E-state index < -0.39 is 10.0 Å². The summed E-state index contributed by atoms with van der Waals surface area (Å²) in [4.78, 5) is 19.9. The largest absolute Gasteiger partial charge is 0.342 e. The zero-order valence-electron chi connectivity index (χ0n) is 15.0. The minimum absolute atomic E-state index is 0.0724. The van der Waals surface area contributed by atoms with E-state index >= 15 is 0 Å². The summed E-state index contributed by atoms with van der Waals surface area (Å²) in [5.41, 5.74) is 0. The molecule has 2 aliphatic heterocycles. The highest BCUT2D eigenvalue weighted by Gasteiger charge is 2.30. The van der Waals surface area contributed by atoms with Gasteiger partial charge in [0.25, 0.3) is 10.0 Å². The minimum Gasteiger partial charge on any atom is -0.342 e. The van der Waals surface area contributed by atoms with Crippen LogP contribution in [0, 0.1) is 0 Å². The number of nitrogens with zero attached hydrogens (tertiary/aromatic N) is 3. The second-order valence-electron chi connectivity index (χ2n) is 7.06. The Morgan fingerprint density at radius 1 is 1.19 bits per heavy atom. The molecular formula is C18H23N3O3S3. The van der Waals surface area contributed by atoms with Crippen molar-refractivity contribution in [2.24, 2.45) is 0 Å². The van der Waals surface area contributed by atoms with Gasteiger partial charge in [-0.1, -0.05) is 0 Å². The van der Waals surface area contributed by atoms with Gasteiger partial charge in [0.1, 0.15) is 4.21 Å². The van der Waals surface area contributed by atoms with Gasteiger partial charge in [0.2, 0.25) is 5.91 Å². The monoisotopic (exact) mass is 425 g/mol. The number of carbonyl (C=O) groups is 1. The molecule has 2 fully saturated rings. The number of aromatic nitrogens is 1. The number of hydrogen-bond acceptors (Lipinski definition) is 6. The smallest absolute Gasteiger partial charge is 0.252 e. The molecule has 0 bridgehead atoms. The van der Waals surface area contributed by atoms with Gasteiger partial charge in [0.15, 0.2) is 0 Å². The molecular weight excluding hydrogens is 402 g/mol. The number of rotatable bonds is 5. The fraction of sp³-hybridized carbons (Fsp3) is 0.556. The second-order valence-corrected chi connectivity index (χ2v) is 11.3. The van der Waals surface area contributed by atoms with E-state index in [1.54, 1.807) is 27.8 Å². The summed E-state index contributed by atoms with van der Waals surface area (Å²) < 4.78 is 27.2. The number of piperidine rings is 1. The highest BCUT2D eigenvalue weighted by atomic mass is 32.2. The molecule has 0 aromatic carbocycles. The van der Waals surface area contributed by atoms with Crippen LogP contribution in [-0.4, -0.2) is 54.7 Å². The molecule has 2 aliphatic rings. The molecule has 146 valence electrons. The molecule has 1 amide bonds. The summed E-state index contributed by atoms with van der Waals surface area (Å²) in [5, 5.41) is 3.08. The van der Waals surface area contributed by atoms with Crippen LogP contribution in [0.1, 0.15) is 41.5 Å². The van der Waals surface area contributed by atoms with Crippen molar-refractivity contribution in [3.63, 3.8) is 0 Å². The summed E-state index contributed by atoms with van der Waals surface area (Å²) in [7, 11) is -3.40. The maximum absolute atomic E-state index is 12.8. The van der Waals surface area contributed by atoms with Gasteiger partial charge < -0.3 is 4.90 Å². The van der Waals surface area contributed by atoms with Crippen molar-refractivity contribution < 1.29 is 13.2 Å². The van der Waals surface area contributed by atoms with E-state index in [0.29, 0.717) is 29.8 Å². The van der Waals surface area contributed by atoms with Crippen LogP contribution in [0.25, 0.3) is 0 Å². The van der Waals surface area contributed by atoms with Gasteiger partial charge in [0, 0.05) is 48.6 Å². The Morgan fingerprint density at radius 2 is 2.00 bits per heavy atom. The van der Waals surface area contributed by atoms with Gasteiger partial charge in [-0.15, -0.1) is 22.7 Å². The Kier molecular flexibility index (Phi) is 5.63. The molecule has 0 saturated carbocycles. The minimum atomic E-state index is -3.40. The lowest BCUT2D eigenvalue weighted by Crippen LogP contribution is -2.39. The number of hydrogen-bond donors (Lipinski definition) is 0. The highest BCUT2D eigenvalue weighted by molar-refractivity contribution is 7.91. The Hall–Kier alpha value is -1.29. The zero-order valence-corrected chi connectivity index (χ0v) is 17.5. The van der Waals surface area contributed by atoms with E-state index in [4.69, 9.17) is 0 Å². The van der Waals surface area contributed by atoms with Crippen molar-refractivity contribution in [3.8, 4) is 0 Å². The second kappa shape index (κ2) is 7.98. The van der Waals surface area contributed by atoms with Crippen LogP contribution in [0.2, 0.25) is 0 Å². The van der Waals surface area contributed by atoms with E-state index in [-0.39, 0.29) is 12.3 Å². The van der Waals surface area contributed by atoms with Crippen LogP contribution in [0.5, 0.6) is 0 Å². The number of thiophene rings is 1. The first-order chi connectivity index (χ1) is 13.0. The van der Waals surface area contributed by atoms with Crippen molar-refractivity contribution in [2.75, 3.05) is 26.2 Å². The Bertz CT molecular complexity index is 886. The molecule has 9 heteroatoms. The standard InChI is InChI=1S/C18H23N3O3S3/c22-16(20-8-3-4-14(13-20)18-19-7-11-25-18)12-15-5-6-17(26-15)27(23,24)21-9-1-2-10-21/h5-7,11,14H,1-4,8-10,12-13H2. The fourth-order valence-electron chi connectivity index (χ4n) is 3.75. The lowest BCUT2D eigenvalue weighted by molar-refractivity contribution is -0.131. The van der Waals surface area contributed by atoms with Crippen molar-refractivity contribution >= 4 is 38.6 Å². The fourth-order valence-corrected chi connectivity index (χ4v) is 7.54. The van der Waals surface area contributed by atoms with Gasteiger partial charge in [-0.25, -0.2) is 13.4 Å². The molecule has 1 unspecified atom stereocenters. The number of thiazole rings is 1. The molecule has 4 heterocycles. The number of amides is 1. The molecule has 0 radical (unpaired) electrons. The van der Waals surface area contributed by atoms with E-state index in [2.05, 4.69) is 4.98 Å². The maximum atomic E-state index is 12.8. The zero-order chi connectivity index (χ0) is 18.9. The summed E-state index contributed by atoms with van der Waals surface area (Å²) >= 11 is 2.88. The molecule has 4 rings (SSSR count). The Labute approximate surface area is 167 Å². The molecule has 6 nitrogen and oxygen atoms in total. The maximum Gasteiger partial charge on any atom is 0.252 e. The normalized spacial score (nSPS) is 21.6. The quantitative estimate of drug-likeness (QED) is 0.738. The van der Waals surface area contributed by atoms with Gasteiger partial charge in [-0.2, -0.15) is 4.31 Å². The summed E-state index contributed by atoms with van der Waals surface area (Å²) in [5.74, 6) is 0.389. The van der Waals surface area contributed by atoms with Crippen molar-refractivity contribution in [1.82, 2.24) is 14.2 Å². The number of carbonyl (C=O) groups excluding carboxylic acids is 1. The predicted molar refractivity (Wildman–Crippen MR) is 107 cm³/mol. The van der Waals surface area contributed by atoms with Crippen LogP contribution in [0.3, 0.4) is 0 Å². The van der Waals surface area contributed by atoms with E-state index in [9.17, 15) is 13.2 Å². The predicted octanol–water partition coefficient (Wildman–Crippen LogP) is 2.94. The van der Waals surface area contributed by atoms with Crippen LogP contribution < -0.4 is 0 Å². The van der Waals surface area contributed by atoms with E-state index in [1.807, 2.05) is 16.5 Å². The SMILES string of the molecule is O=C(Cc1ccc(S(=O)(=O)N2CCCC2)s1)N1CCCC(c2nccs2)C1. The van der Waals surface area contributed by atoms with Crippen molar-refractivity contribution in [1.29, 1.82) is 0 Å². The van der Waals surface area contributed by atoms with Crippen LogP contribution in [-0.2, 0) is 21.2 Å². The van der Waals surface area contributed by atoms with Crippen molar-refractivity contribution in [3.05, 3.63) is 33.6 Å². The van der Waals surface area contributed by atoms with Gasteiger partial charge in [-0.05, 0) is 37.8 Å². The highest BCUT2D eigenvalue weighted by Crippen LogP contribution is 2.30. The molecule has 2 aromatic heterocycles. The van der Waals surface area contributed by atoms with Gasteiger partial charge >= 0.3 is 0 Å². The molecule has 2 aromatic rings. The van der Waals surface area contributed by atoms with Gasteiger partial charge in [-0.3, -0.25) is 4.79 Å². The Balaban J connectivity index is 1.40.